The summed E-state index contributed by atoms with van der Waals surface area (Å²) in [4.78, 5) is 2.52. The number of hydrogen-bond donors (Lipinski definition) is 0. The van der Waals surface area contributed by atoms with Crippen LogP contribution in [-0.2, 0) is 10.9 Å². The van der Waals surface area contributed by atoms with Gasteiger partial charge in [-0.3, -0.25) is 0 Å². The van der Waals surface area contributed by atoms with Crippen LogP contribution in [0.25, 0.3) is 0 Å². The Balaban J connectivity index is 0.000000236. The molecule has 0 spiro atoms. The van der Waals surface area contributed by atoms with Gasteiger partial charge in [0.1, 0.15) is 75.1 Å². The van der Waals surface area contributed by atoms with Crippen molar-refractivity contribution in [1.82, 2.24) is 0 Å². The summed E-state index contributed by atoms with van der Waals surface area (Å²) in [5.74, 6) is -69.7. The summed E-state index contributed by atoms with van der Waals surface area (Å²) in [5, 5.41) is 0.936. The van der Waals surface area contributed by atoms with Gasteiger partial charge in [0.15, 0.2) is 84.7 Å². The molecule has 0 amide bonds. The number of hydrogen-bond acceptors (Lipinski definition) is 6. The van der Waals surface area contributed by atoms with Crippen LogP contribution in [-0.4, -0.2) is 27.5 Å². The van der Waals surface area contributed by atoms with Gasteiger partial charge in [-0.1, -0.05) is 34.4 Å². The summed E-state index contributed by atoms with van der Waals surface area (Å²) in [6.07, 6.45) is -7.22. The van der Waals surface area contributed by atoms with E-state index >= 15 is 35.1 Å². The molecule has 0 unspecified atom stereocenters. The van der Waals surface area contributed by atoms with Crippen LogP contribution in [0.5, 0.6) is 16.6 Å². The molecule has 0 saturated carbocycles. The summed E-state index contributed by atoms with van der Waals surface area (Å²) in [7, 11) is 4.90. The fourth-order valence-electron chi connectivity index (χ4n) is 7.70. The van der Waals surface area contributed by atoms with Crippen molar-refractivity contribution in [1.29, 1.82) is 0 Å². The third-order valence-corrected chi connectivity index (χ3v) is 17.0. The fourth-order valence-corrected chi connectivity index (χ4v) is 13.8. The van der Waals surface area contributed by atoms with Crippen LogP contribution in [0.2, 0.25) is 0 Å². The maximum absolute atomic E-state index is 15.4. The molecule has 0 fully saturated rings. The van der Waals surface area contributed by atoms with Crippen molar-refractivity contribution in [3.8, 4) is 16.6 Å². The van der Waals surface area contributed by atoms with Gasteiger partial charge in [0.2, 0.25) is 4.21 Å². The third-order valence-electron chi connectivity index (χ3n) is 11.0. The highest BCUT2D eigenvalue weighted by Gasteiger charge is 2.52. The Kier molecular flexibility index (Phi) is 16.5. The van der Waals surface area contributed by atoms with Crippen LogP contribution in [0.4, 0.5) is 87.8 Å². The lowest BCUT2D eigenvalue weighted by atomic mass is 9.12. The smallest absolute Gasteiger partial charge is 0.221 e. The van der Waals surface area contributed by atoms with Crippen molar-refractivity contribution < 1.29 is 102 Å². The van der Waals surface area contributed by atoms with Crippen molar-refractivity contribution in [2.24, 2.45) is 0 Å². The summed E-state index contributed by atoms with van der Waals surface area (Å²) in [6.45, 7) is 0. The topological polar surface area (TPSA) is 27.7 Å². The molecule has 0 aliphatic carbocycles. The minimum atomic E-state index is -7.22. The van der Waals surface area contributed by atoms with E-state index in [2.05, 4.69) is 42.5 Å². The molecule has 0 radical (unpaired) electrons. The van der Waals surface area contributed by atoms with E-state index in [0.29, 0.717) is 0 Å². The predicted molar refractivity (Wildman–Crippen MR) is 237 cm³/mol. The Morgan fingerprint density at radius 3 is 0.853 bits per heavy atom. The number of rotatable bonds is 12. The molecule has 8 aromatic rings. The molecule has 2 heterocycles. The number of benzene rings is 6. The number of thiophene rings is 2. The molecule has 0 aliphatic heterocycles. The van der Waals surface area contributed by atoms with E-state index in [4.69, 9.17) is 14.2 Å². The first-order chi connectivity index (χ1) is 35.4. The van der Waals surface area contributed by atoms with E-state index in [0.717, 1.165) is 16.6 Å². The molecule has 0 atom stereocenters. The zero-order chi connectivity index (χ0) is 55.3. The van der Waals surface area contributed by atoms with E-state index < -0.39 is 144 Å². The Labute approximate surface area is 423 Å². The first-order valence-electron chi connectivity index (χ1n) is 20.1. The van der Waals surface area contributed by atoms with Crippen molar-refractivity contribution >= 4 is 73.3 Å². The lowest BCUT2D eigenvalue weighted by Gasteiger charge is -2.44. The Bertz CT molecular complexity index is 3070. The van der Waals surface area contributed by atoms with Crippen molar-refractivity contribution in [3.05, 3.63) is 189 Å². The zero-order valence-electron chi connectivity index (χ0n) is 36.9. The molecule has 28 heteroatoms. The van der Waals surface area contributed by atoms with E-state index in [-0.39, 0.29) is 10.9 Å². The molecule has 0 saturated heterocycles. The summed E-state index contributed by atoms with van der Waals surface area (Å²) >= 11 is 5.30. The second-order valence-electron chi connectivity index (χ2n) is 14.9. The molecule has 3 nitrogen and oxygen atoms in total. The van der Waals surface area contributed by atoms with E-state index in [1.165, 1.54) is 22.4 Å². The van der Waals surface area contributed by atoms with Gasteiger partial charge >= 0.3 is 0 Å². The van der Waals surface area contributed by atoms with Crippen LogP contribution in [0.1, 0.15) is 0 Å². The Morgan fingerprint density at radius 1 is 0.320 bits per heavy atom. The highest BCUT2D eigenvalue weighted by Crippen LogP contribution is 2.44. The first kappa shape index (κ1) is 56.2. The van der Waals surface area contributed by atoms with Gasteiger partial charge in [0.25, 0.3) is 0 Å². The minimum absolute atomic E-state index is 0.196. The van der Waals surface area contributed by atoms with Crippen LogP contribution in [0.15, 0.2) is 95.2 Å². The molecule has 0 bridgehead atoms. The largest absolute Gasteiger partial charge is 0.497 e. The predicted octanol–water partition coefficient (Wildman–Crippen LogP) is 12.9. The van der Waals surface area contributed by atoms with Gasteiger partial charge in [-0.2, -0.15) is 0 Å². The normalized spacial score (nSPS) is 11.6. The molecule has 8 rings (SSSR count). The summed E-state index contributed by atoms with van der Waals surface area (Å²) in [6, 6.07) is 25.3. The van der Waals surface area contributed by atoms with Crippen LogP contribution < -0.4 is 36.1 Å². The van der Waals surface area contributed by atoms with Gasteiger partial charge in [0.05, 0.1) is 29.7 Å². The standard InChI is InChI=1S/C24BF20.C23H21O3S4/c26-5-1(6(27)14(35)21(42)13(5)34)25(2-7(28)15(36)22(43)16(37)8(2)29,3-9(30)17(38)23(44)18(39)10(3)31)4-11(32)19(40)24(45)20(41)12(4)33;1-24-16-4-8-18(9-5-16)30(19-10-6-17(25-2)7-11-19)23-15-14-22(29-23)28-21-13-12-20(26-3)27-21/h;4-15H,1-3H3/q-1;+1. The van der Waals surface area contributed by atoms with Gasteiger partial charge in [0, 0.05) is 6.07 Å². The lowest BCUT2D eigenvalue weighted by molar-refractivity contribution is 0.378. The van der Waals surface area contributed by atoms with Gasteiger partial charge < -0.3 is 14.2 Å². The highest BCUT2D eigenvalue weighted by molar-refractivity contribution is 8.04. The maximum atomic E-state index is 15.4. The quantitative estimate of drug-likeness (QED) is 0.0401. The minimum Gasteiger partial charge on any atom is -0.497 e. The van der Waals surface area contributed by atoms with Crippen LogP contribution in [0, 0.1) is 116 Å². The van der Waals surface area contributed by atoms with Crippen LogP contribution >= 0.6 is 34.4 Å². The monoisotopic (exact) mass is 1150 g/mol. The SMILES string of the molecule is COc1ccc([S+](c2ccc(OC)cc2)c2ccc(Sc3ccc(OC)s3)s2)cc1.Fc1c(F)c(F)c([B-](c2c(F)c(F)c(F)c(F)c2F)(c2c(F)c(F)c(F)c(F)c2F)c2c(F)c(F)c(F)c(F)c2F)c(F)c1F. The Hall–Kier alpha value is -6.52. The molecular formula is C47H21BF20O3S4. The van der Waals surface area contributed by atoms with Gasteiger partial charge in [-0.15, -0.1) is 21.9 Å². The molecule has 75 heavy (non-hydrogen) atoms. The highest BCUT2D eigenvalue weighted by atomic mass is 32.2. The second kappa shape index (κ2) is 22.0. The summed E-state index contributed by atoms with van der Waals surface area (Å²) in [5.41, 5.74) is -14.3. The van der Waals surface area contributed by atoms with E-state index in [9.17, 15) is 52.7 Å². The van der Waals surface area contributed by atoms with Gasteiger partial charge in [-0.05, 0) is 66.7 Å². The van der Waals surface area contributed by atoms with Gasteiger partial charge in [-0.25, -0.2) is 87.8 Å². The number of ether oxygens (including phenoxy) is 3. The number of methoxy groups -OCH3 is 3. The Morgan fingerprint density at radius 2 is 0.587 bits per heavy atom. The second-order valence-corrected chi connectivity index (χ2v) is 20.9. The van der Waals surface area contributed by atoms with Crippen LogP contribution in [0.3, 0.4) is 0 Å². The van der Waals surface area contributed by atoms with Crippen molar-refractivity contribution in [2.45, 2.75) is 22.4 Å². The molecule has 2 aromatic heterocycles. The zero-order valence-corrected chi connectivity index (χ0v) is 40.2. The molecule has 6 aromatic carbocycles. The maximum Gasteiger partial charge on any atom is 0.221 e. The summed E-state index contributed by atoms with van der Waals surface area (Å²) < 4.78 is 314. The average Bonchev–Trinajstić information content (AvgIpc) is 4.08. The van der Waals surface area contributed by atoms with Crippen molar-refractivity contribution in [2.75, 3.05) is 21.3 Å². The van der Waals surface area contributed by atoms with Crippen molar-refractivity contribution in [3.63, 3.8) is 0 Å². The first-order valence-corrected chi connectivity index (χ1v) is 23.7. The van der Waals surface area contributed by atoms with E-state index in [1.807, 2.05) is 41.7 Å². The van der Waals surface area contributed by atoms with E-state index in [1.54, 1.807) is 44.4 Å². The lowest BCUT2D eigenvalue weighted by Crippen LogP contribution is -2.81. The molecule has 0 N–H and O–H groups in total. The number of halogens is 20. The third kappa shape index (κ3) is 9.62. The molecular weight excluding hydrogens is 1130 g/mol. The molecule has 394 valence electrons. The molecule has 0 aliphatic rings. The average molecular weight is 1150 g/mol. The fraction of sp³-hybridized carbons (Fsp3) is 0.0638.